The molecular weight excluding hydrogens is 296 g/mol. The Morgan fingerprint density at radius 1 is 0.833 bits per heavy atom. The van der Waals surface area contributed by atoms with E-state index in [0.717, 1.165) is 37.1 Å². The van der Waals surface area contributed by atoms with E-state index in [-0.39, 0.29) is 0 Å². The highest BCUT2D eigenvalue weighted by Crippen LogP contribution is 2.26. The van der Waals surface area contributed by atoms with Gasteiger partial charge in [-0.25, -0.2) is 0 Å². The molecule has 3 heteroatoms. The topological polar surface area (TPSA) is 15.7 Å². The number of hydrogen-bond acceptors (Lipinski definition) is 3. The minimum absolute atomic E-state index is 0.747. The van der Waals surface area contributed by atoms with Crippen LogP contribution in [0.1, 0.15) is 19.4 Å². The predicted molar refractivity (Wildman–Crippen MR) is 99.5 cm³/mol. The number of hydrogen-bond donors (Lipinski definition) is 0. The molecule has 0 radical (unpaired) electrons. The number of rotatable bonds is 6. The van der Waals surface area contributed by atoms with Crippen LogP contribution < -0.4 is 4.74 Å². The van der Waals surface area contributed by atoms with Crippen molar-refractivity contribution in [3.05, 3.63) is 60.2 Å². The Morgan fingerprint density at radius 2 is 1.46 bits per heavy atom. The van der Waals surface area contributed by atoms with Gasteiger partial charge in [-0.15, -0.1) is 0 Å². The van der Waals surface area contributed by atoms with E-state index in [1.807, 2.05) is 36.4 Å². The Balaban J connectivity index is 1.60. The minimum atomic E-state index is 0.747. The van der Waals surface area contributed by atoms with Crippen molar-refractivity contribution in [2.45, 2.75) is 20.4 Å². The van der Waals surface area contributed by atoms with E-state index in [1.54, 1.807) is 0 Å². The molecule has 1 fully saturated rings. The number of nitrogens with zero attached hydrogens (tertiary/aromatic N) is 2. The minimum Gasteiger partial charge on any atom is -0.457 e. The largest absolute Gasteiger partial charge is 0.457 e. The van der Waals surface area contributed by atoms with Crippen LogP contribution in [-0.2, 0) is 6.54 Å². The second-order valence-electron chi connectivity index (χ2n) is 6.99. The average Bonchev–Trinajstić information content (AvgIpc) is 2.59. The summed E-state index contributed by atoms with van der Waals surface area (Å²) in [5, 5.41) is 0. The van der Waals surface area contributed by atoms with Crippen LogP contribution in [0.5, 0.6) is 11.5 Å². The number of benzene rings is 2. The molecule has 1 saturated heterocycles. The lowest BCUT2D eigenvalue weighted by Gasteiger charge is -2.35. The third kappa shape index (κ3) is 4.83. The molecule has 1 heterocycles. The van der Waals surface area contributed by atoms with Crippen LogP contribution in [0, 0.1) is 5.92 Å². The Morgan fingerprint density at radius 3 is 2.17 bits per heavy atom. The first-order valence-electron chi connectivity index (χ1n) is 8.96. The van der Waals surface area contributed by atoms with E-state index in [9.17, 15) is 0 Å². The number of para-hydroxylation sites is 2. The third-order valence-corrected chi connectivity index (χ3v) is 4.43. The summed E-state index contributed by atoms with van der Waals surface area (Å²) in [6.45, 7) is 11.4. The summed E-state index contributed by atoms with van der Waals surface area (Å²) in [7, 11) is 0. The van der Waals surface area contributed by atoms with Gasteiger partial charge in [-0.2, -0.15) is 0 Å². The molecule has 1 aliphatic heterocycles. The van der Waals surface area contributed by atoms with Crippen LogP contribution in [-0.4, -0.2) is 42.5 Å². The summed E-state index contributed by atoms with van der Waals surface area (Å²) in [5.41, 5.74) is 1.26. The zero-order valence-electron chi connectivity index (χ0n) is 14.8. The second kappa shape index (κ2) is 8.32. The molecule has 0 aromatic heterocycles. The zero-order valence-corrected chi connectivity index (χ0v) is 14.8. The van der Waals surface area contributed by atoms with Gasteiger partial charge in [-0.1, -0.05) is 50.2 Å². The Hall–Kier alpha value is -1.84. The first-order chi connectivity index (χ1) is 11.7. The summed E-state index contributed by atoms with van der Waals surface area (Å²) in [4.78, 5) is 5.11. The Kier molecular flexibility index (Phi) is 5.89. The van der Waals surface area contributed by atoms with Gasteiger partial charge in [0.05, 0.1) is 0 Å². The van der Waals surface area contributed by atoms with Crippen LogP contribution in [0.3, 0.4) is 0 Å². The fraction of sp³-hybridized carbons (Fsp3) is 0.429. The molecule has 3 nitrogen and oxygen atoms in total. The highest BCUT2D eigenvalue weighted by Gasteiger charge is 2.18. The third-order valence-electron chi connectivity index (χ3n) is 4.43. The van der Waals surface area contributed by atoms with E-state index in [4.69, 9.17) is 4.74 Å². The molecule has 3 rings (SSSR count). The molecular formula is C21H28N2O. The standard InChI is InChI=1S/C21H28N2O/c1-18(2)16-22-12-14-23(15-13-22)17-19-8-6-7-11-21(19)24-20-9-4-3-5-10-20/h3-11,18H,12-17H2,1-2H3. The van der Waals surface area contributed by atoms with Gasteiger partial charge in [0.15, 0.2) is 0 Å². The van der Waals surface area contributed by atoms with E-state index in [2.05, 4.69) is 41.8 Å². The molecule has 128 valence electrons. The van der Waals surface area contributed by atoms with Crippen molar-refractivity contribution in [3.8, 4) is 11.5 Å². The second-order valence-corrected chi connectivity index (χ2v) is 6.99. The molecule has 0 spiro atoms. The SMILES string of the molecule is CC(C)CN1CCN(Cc2ccccc2Oc2ccccc2)CC1. The first-order valence-corrected chi connectivity index (χ1v) is 8.96. The van der Waals surface area contributed by atoms with Crippen molar-refractivity contribution in [2.24, 2.45) is 5.92 Å². The van der Waals surface area contributed by atoms with Crippen LogP contribution in [0.25, 0.3) is 0 Å². The van der Waals surface area contributed by atoms with E-state index in [0.29, 0.717) is 0 Å². The van der Waals surface area contributed by atoms with Crippen molar-refractivity contribution in [1.82, 2.24) is 9.80 Å². The molecule has 0 bridgehead atoms. The maximum absolute atomic E-state index is 6.09. The van der Waals surface area contributed by atoms with Gasteiger partial charge in [0.25, 0.3) is 0 Å². The van der Waals surface area contributed by atoms with Crippen LogP contribution in [0.4, 0.5) is 0 Å². The molecule has 0 aliphatic carbocycles. The quantitative estimate of drug-likeness (QED) is 0.790. The van der Waals surface area contributed by atoms with Gasteiger partial charge in [-0.05, 0) is 24.1 Å². The number of piperazine rings is 1. The van der Waals surface area contributed by atoms with Crippen LogP contribution in [0.15, 0.2) is 54.6 Å². The highest BCUT2D eigenvalue weighted by molar-refractivity contribution is 5.37. The van der Waals surface area contributed by atoms with Gasteiger partial charge in [0.1, 0.15) is 11.5 Å². The van der Waals surface area contributed by atoms with Gasteiger partial charge < -0.3 is 9.64 Å². The van der Waals surface area contributed by atoms with Crippen molar-refractivity contribution >= 4 is 0 Å². The van der Waals surface area contributed by atoms with Crippen molar-refractivity contribution in [3.63, 3.8) is 0 Å². The lowest BCUT2D eigenvalue weighted by atomic mass is 10.1. The fourth-order valence-corrected chi connectivity index (χ4v) is 3.24. The molecule has 0 amide bonds. The summed E-state index contributed by atoms with van der Waals surface area (Å²) < 4.78 is 6.09. The first kappa shape index (κ1) is 17.0. The van der Waals surface area contributed by atoms with Crippen LogP contribution in [0.2, 0.25) is 0 Å². The number of ether oxygens (including phenoxy) is 1. The lowest BCUT2D eigenvalue weighted by molar-refractivity contribution is 0.117. The molecule has 0 N–H and O–H groups in total. The van der Waals surface area contributed by atoms with Crippen molar-refractivity contribution < 1.29 is 4.74 Å². The molecule has 1 aliphatic rings. The normalized spacial score (nSPS) is 16.5. The maximum atomic E-state index is 6.09. The van der Waals surface area contributed by atoms with Gasteiger partial charge in [0.2, 0.25) is 0 Å². The van der Waals surface area contributed by atoms with E-state index in [1.165, 1.54) is 25.2 Å². The molecule has 0 unspecified atom stereocenters. The van der Waals surface area contributed by atoms with Gasteiger partial charge in [-0.3, -0.25) is 4.90 Å². The smallest absolute Gasteiger partial charge is 0.131 e. The van der Waals surface area contributed by atoms with Gasteiger partial charge >= 0.3 is 0 Å². The summed E-state index contributed by atoms with van der Waals surface area (Å²) in [6, 6.07) is 18.4. The average molecular weight is 324 g/mol. The van der Waals surface area contributed by atoms with E-state index < -0.39 is 0 Å². The van der Waals surface area contributed by atoms with Crippen molar-refractivity contribution in [2.75, 3.05) is 32.7 Å². The fourth-order valence-electron chi connectivity index (χ4n) is 3.24. The molecule has 0 saturated carbocycles. The van der Waals surface area contributed by atoms with Crippen molar-refractivity contribution in [1.29, 1.82) is 0 Å². The molecule has 24 heavy (non-hydrogen) atoms. The monoisotopic (exact) mass is 324 g/mol. The van der Waals surface area contributed by atoms with Crippen LogP contribution >= 0.6 is 0 Å². The predicted octanol–water partition coefficient (Wildman–Crippen LogP) is 4.25. The Labute approximate surface area is 145 Å². The van der Waals surface area contributed by atoms with Gasteiger partial charge in [0, 0.05) is 44.8 Å². The summed E-state index contributed by atoms with van der Waals surface area (Å²) in [5.74, 6) is 2.61. The summed E-state index contributed by atoms with van der Waals surface area (Å²) in [6.07, 6.45) is 0. The molecule has 0 atom stereocenters. The maximum Gasteiger partial charge on any atom is 0.131 e. The zero-order chi connectivity index (χ0) is 16.8. The lowest BCUT2D eigenvalue weighted by Crippen LogP contribution is -2.46. The molecule has 2 aromatic carbocycles. The molecule has 2 aromatic rings. The summed E-state index contributed by atoms with van der Waals surface area (Å²) >= 11 is 0. The Bertz CT molecular complexity index is 619. The van der Waals surface area contributed by atoms with E-state index >= 15 is 0 Å². The highest BCUT2D eigenvalue weighted by atomic mass is 16.5.